The van der Waals surface area contributed by atoms with Crippen LogP contribution < -0.4 is 10.1 Å². The molecule has 0 aliphatic carbocycles. The van der Waals surface area contributed by atoms with E-state index >= 15 is 0 Å². The molecule has 0 atom stereocenters. The molecule has 0 saturated carbocycles. The zero-order valence-electron chi connectivity index (χ0n) is 12.1. The standard InChI is InChI=1S/C15H20N2O3/c1-4-20-13-8-5-12(6-9-13)7-10-14(18)16-11-15(19)17(2)3/h5-10H,4,11H2,1-3H3,(H,16,18)/b10-7+. The van der Waals surface area contributed by atoms with Crippen molar-refractivity contribution in [2.24, 2.45) is 0 Å². The van der Waals surface area contributed by atoms with Crippen LogP contribution in [0.5, 0.6) is 5.75 Å². The van der Waals surface area contributed by atoms with Crippen molar-refractivity contribution in [1.29, 1.82) is 0 Å². The lowest BCUT2D eigenvalue weighted by Crippen LogP contribution is -2.35. The van der Waals surface area contributed by atoms with Gasteiger partial charge in [-0.3, -0.25) is 9.59 Å². The summed E-state index contributed by atoms with van der Waals surface area (Å²) in [6.45, 7) is 2.55. The predicted molar refractivity (Wildman–Crippen MR) is 78.3 cm³/mol. The summed E-state index contributed by atoms with van der Waals surface area (Å²) in [7, 11) is 3.29. The molecule has 5 heteroatoms. The van der Waals surface area contributed by atoms with E-state index in [2.05, 4.69) is 5.32 Å². The molecule has 0 radical (unpaired) electrons. The molecular formula is C15H20N2O3. The maximum atomic E-state index is 11.5. The molecule has 2 amide bonds. The fourth-order valence-corrected chi connectivity index (χ4v) is 1.39. The second kappa shape index (κ2) is 7.99. The van der Waals surface area contributed by atoms with Crippen LogP contribution in [0.1, 0.15) is 12.5 Å². The lowest BCUT2D eigenvalue weighted by Gasteiger charge is -2.09. The van der Waals surface area contributed by atoms with E-state index in [0.717, 1.165) is 11.3 Å². The van der Waals surface area contributed by atoms with Gasteiger partial charge in [-0.1, -0.05) is 12.1 Å². The van der Waals surface area contributed by atoms with Crippen molar-refractivity contribution in [3.05, 3.63) is 35.9 Å². The fourth-order valence-electron chi connectivity index (χ4n) is 1.39. The minimum atomic E-state index is -0.297. The summed E-state index contributed by atoms with van der Waals surface area (Å²) in [6, 6.07) is 7.41. The number of benzene rings is 1. The fraction of sp³-hybridized carbons (Fsp3) is 0.333. The molecule has 0 saturated heterocycles. The van der Waals surface area contributed by atoms with Crippen molar-refractivity contribution in [3.8, 4) is 5.75 Å². The van der Waals surface area contributed by atoms with Gasteiger partial charge in [0.05, 0.1) is 13.2 Å². The molecule has 1 rings (SSSR count). The number of hydrogen-bond donors (Lipinski definition) is 1. The summed E-state index contributed by atoms with van der Waals surface area (Å²) in [5.41, 5.74) is 0.891. The van der Waals surface area contributed by atoms with E-state index in [-0.39, 0.29) is 18.4 Å². The van der Waals surface area contributed by atoms with Crippen LogP contribution >= 0.6 is 0 Å². The van der Waals surface area contributed by atoms with Gasteiger partial charge in [-0.15, -0.1) is 0 Å². The van der Waals surface area contributed by atoms with E-state index in [1.165, 1.54) is 11.0 Å². The molecule has 0 heterocycles. The Balaban J connectivity index is 2.46. The third-order valence-corrected chi connectivity index (χ3v) is 2.53. The van der Waals surface area contributed by atoms with Gasteiger partial charge in [0.1, 0.15) is 5.75 Å². The molecule has 0 fully saturated rings. The van der Waals surface area contributed by atoms with Crippen molar-refractivity contribution in [1.82, 2.24) is 10.2 Å². The molecule has 1 N–H and O–H groups in total. The highest BCUT2D eigenvalue weighted by Gasteiger charge is 2.04. The Kier molecular flexibility index (Phi) is 6.29. The van der Waals surface area contributed by atoms with Gasteiger partial charge in [-0.2, -0.15) is 0 Å². The van der Waals surface area contributed by atoms with E-state index < -0.39 is 0 Å². The van der Waals surface area contributed by atoms with Gasteiger partial charge >= 0.3 is 0 Å². The lowest BCUT2D eigenvalue weighted by atomic mass is 10.2. The number of carbonyl (C=O) groups is 2. The Morgan fingerprint density at radius 2 is 1.90 bits per heavy atom. The number of amides is 2. The van der Waals surface area contributed by atoms with Gasteiger partial charge in [0.25, 0.3) is 0 Å². The number of nitrogens with one attached hydrogen (secondary N) is 1. The molecule has 0 aliphatic heterocycles. The molecule has 0 unspecified atom stereocenters. The highest BCUT2D eigenvalue weighted by molar-refractivity contribution is 5.94. The zero-order chi connectivity index (χ0) is 15.0. The Morgan fingerprint density at radius 1 is 1.25 bits per heavy atom. The highest BCUT2D eigenvalue weighted by atomic mass is 16.5. The van der Waals surface area contributed by atoms with E-state index in [0.29, 0.717) is 6.61 Å². The van der Waals surface area contributed by atoms with E-state index in [1.807, 2.05) is 31.2 Å². The second-order valence-electron chi connectivity index (χ2n) is 4.34. The van der Waals surface area contributed by atoms with E-state index in [1.54, 1.807) is 20.2 Å². The Hall–Kier alpha value is -2.30. The summed E-state index contributed by atoms with van der Waals surface area (Å²) in [6.07, 6.45) is 3.09. The van der Waals surface area contributed by atoms with Gasteiger partial charge in [0.2, 0.25) is 11.8 Å². The first-order valence-electron chi connectivity index (χ1n) is 6.42. The molecule has 1 aromatic rings. The summed E-state index contributed by atoms with van der Waals surface area (Å²) in [5, 5.41) is 2.52. The average Bonchev–Trinajstić information content (AvgIpc) is 2.44. The van der Waals surface area contributed by atoms with Crippen LogP contribution in [0.3, 0.4) is 0 Å². The van der Waals surface area contributed by atoms with Gasteiger partial charge in [-0.05, 0) is 30.7 Å². The predicted octanol–water partition coefficient (Wildman–Crippen LogP) is 1.30. The average molecular weight is 276 g/mol. The second-order valence-corrected chi connectivity index (χ2v) is 4.34. The highest BCUT2D eigenvalue weighted by Crippen LogP contribution is 2.12. The largest absolute Gasteiger partial charge is 0.494 e. The van der Waals surface area contributed by atoms with Gasteiger partial charge < -0.3 is 15.0 Å². The topological polar surface area (TPSA) is 58.6 Å². The first-order chi connectivity index (χ1) is 9.52. The summed E-state index contributed by atoms with van der Waals surface area (Å²) < 4.78 is 5.33. The third-order valence-electron chi connectivity index (χ3n) is 2.53. The van der Waals surface area contributed by atoms with Crippen LogP contribution in [0.4, 0.5) is 0 Å². The first-order valence-corrected chi connectivity index (χ1v) is 6.42. The molecule has 108 valence electrons. The maximum absolute atomic E-state index is 11.5. The first kappa shape index (κ1) is 15.8. The van der Waals surface area contributed by atoms with Crippen LogP contribution in [0, 0.1) is 0 Å². The van der Waals surface area contributed by atoms with Crippen molar-refractivity contribution < 1.29 is 14.3 Å². The number of hydrogen-bond acceptors (Lipinski definition) is 3. The van der Waals surface area contributed by atoms with E-state index in [9.17, 15) is 9.59 Å². The molecule has 20 heavy (non-hydrogen) atoms. The minimum absolute atomic E-state index is 0.000544. The third kappa shape index (κ3) is 5.56. The smallest absolute Gasteiger partial charge is 0.244 e. The Labute approximate surface area is 119 Å². The van der Waals surface area contributed by atoms with Gasteiger partial charge in [-0.25, -0.2) is 0 Å². The van der Waals surface area contributed by atoms with Crippen LogP contribution in [-0.4, -0.2) is 44.0 Å². The van der Waals surface area contributed by atoms with Gasteiger partial charge in [0.15, 0.2) is 0 Å². The van der Waals surface area contributed by atoms with Crippen LogP contribution in [0.25, 0.3) is 6.08 Å². The Bertz CT molecular complexity index is 478. The quantitative estimate of drug-likeness (QED) is 0.797. The van der Waals surface area contributed by atoms with Crippen molar-refractivity contribution in [2.75, 3.05) is 27.2 Å². The molecule has 5 nitrogen and oxygen atoms in total. The van der Waals surface area contributed by atoms with Crippen molar-refractivity contribution in [2.45, 2.75) is 6.92 Å². The SMILES string of the molecule is CCOc1ccc(/C=C/C(=O)NCC(=O)N(C)C)cc1. The monoisotopic (exact) mass is 276 g/mol. The number of likely N-dealkylation sites (N-methyl/N-ethyl adjacent to an activating group) is 1. The zero-order valence-corrected chi connectivity index (χ0v) is 12.1. The molecule has 0 aromatic heterocycles. The lowest BCUT2D eigenvalue weighted by molar-refractivity contribution is -0.129. The normalized spacial score (nSPS) is 10.3. The number of rotatable bonds is 6. The summed E-state index contributed by atoms with van der Waals surface area (Å²) in [4.78, 5) is 24.2. The molecule has 0 aliphatic rings. The Morgan fingerprint density at radius 3 is 2.45 bits per heavy atom. The number of ether oxygens (including phenoxy) is 1. The van der Waals surface area contributed by atoms with E-state index in [4.69, 9.17) is 4.74 Å². The van der Waals surface area contributed by atoms with Crippen LogP contribution in [0.2, 0.25) is 0 Å². The molecular weight excluding hydrogens is 256 g/mol. The summed E-state index contributed by atoms with van der Waals surface area (Å²) in [5.74, 6) is 0.354. The number of nitrogens with zero attached hydrogens (tertiary/aromatic N) is 1. The van der Waals surface area contributed by atoms with Crippen LogP contribution in [0.15, 0.2) is 30.3 Å². The van der Waals surface area contributed by atoms with Crippen molar-refractivity contribution in [3.63, 3.8) is 0 Å². The molecule has 0 bridgehead atoms. The number of carbonyl (C=O) groups excluding carboxylic acids is 2. The molecule has 0 spiro atoms. The van der Waals surface area contributed by atoms with Gasteiger partial charge in [0, 0.05) is 20.2 Å². The van der Waals surface area contributed by atoms with Crippen molar-refractivity contribution >= 4 is 17.9 Å². The van der Waals surface area contributed by atoms with Crippen LogP contribution in [-0.2, 0) is 9.59 Å². The molecule has 1 aromatic carbocycles. The summed E-state index contributed by atoms with van der Waals surface area (Å²) >= 11 is 0. The minimum Gasteiger partial charge on any atom is -0.494 e. The maximum Gasteiger partial charge on any atom is 0.244 e.